The second kappa shape index (κ2) is 18.9. The molecule has 2 N–H and O–H groups in total. The molecule has 4 rings (SSSR count). The van der Waals surface area contributed by atoms with Crippen LogP contribution in [0.3, 0.4) is 0 Å². The number of carbonyl (C=O) groups excluding carboxylic acids is 1. The molecule has 1 amide bonds. The van der Waals surface area contributed by atoms with Crippen LogP contribution in [0.5, 0.6) is 5.75 Å². The van der Waals surface area contributed by atoms with Gasteiger partial charge in [0.15, 0.2) is 0 Å². The van der Waals surface area contributed by atoms with Crippen molar-refractivity contribution in [2.45, 2.75) is 58.8 Å². The highest BCUT2D eigenvalue weighted by molar-refractivity contribution is 6.30. The van der Waals surface area contributed by atoms with E-state index in [1.165, 1.54) is 6.20 Å². The van der Waals surface area contributed by atoms with E-state index in [1.54, 1.807) is 7.11 Å². The summed E-state index contributed by atoms with van der Waals surface area (Å²) in [5, 5.41) is 6.62. The number of piperidine rings is 1. The number of methoxy groups -OCH3 is 1. The van der Waals surface area contributed by atoms with Crippen LogP contribution in [0.4, 0.5) is 18.9 Å². The van der Waals surface area contributed by atoms with Crippen LogP contribution in [-0.4, -0.2) is 49.6 Å². The Labute approximate surface area is 247 Å². The smallest absolute Gasteiger partial charge is 0.416 e. The number of amides is 1. The molecule has 0 spiro atoms. The lowest BCUT2D eigenvalue weighted by Gasteiger charge is -2.39. The molecule has 2 unspecified atom stereocenters. The zero-order valence-electron chi connectivity index (χ0n) is 24.6. The predicted octanol–water partition coefficient (Wildman–Crippen LogP) is 7.65. The molecule has 1 fully saturated rings. The fraction of sp³-hybridized carbons (Fsp3) is 0.419. The van der Waals surface area contributed by atoms with E-state index in [0.29, 0.717) is 25.9 Å². The highest BCUT2D eigenvalue weighted by Gasteiger charge is 2.35. The lowest BCUT2D eigenvalue weighted by molar-refractivity contribution is -0.138. The number of nitrogens with zero attached hydrogens (tertiary/aromatic N) is 2. The first-order valence-electron chi connectivity index (χ1n) is 13.7. The van der Waals surface area contributed by atoms with Crippen molar-refractivity contribution in [2.75, 3.05) is 32.6 Å². The standard InChI is InChI=1S/C20H22F3N3O2.C7H8ClN.2C2H6/c1-28-16-4-2-14(3-5-16)17-12-26(9-7-19(17)25-13-27)11-15-10-24-8-6-18(15)20(21,22)23;1-9-7-4-2-6(8)3-5-7;2*1-2/h2-6,8,10,13,17,19H,7,9,11-12H2,1H3,(H,25,27);2-5,9H,1H3;2*1-2H3. The number of hydrogen-bond acceptors (Lipinski definition) is 5. The van der Waals surface area contributed by atoms with Crippen LogP contribution in [0.1, 0.15) is 56.7 Å². The van der Waals surface area contributed by atoms with Crippen LogP contribution in [0, 0.1) is 0 Å². The van der Waals surface area contributed by atoms with Gasteiger partial charge in [0, 0.05) is 61.7 Å². The SMILES string of the molecule is CC.CC.CNc1ccc(Cl)cc1.COc1ccc(C2CN(Cc3cnccc3C(F)(F)F)CCC2NC=O)cc1. The summed E-state index contributed by atoms with van der Waals surface area (Å²) < 4.78 is 45.0. The number of alkyl halides is 3. The number of aromatic nitrogens is 1. The van der Waals surface area contributed by atoms with Crippen LogP contribution < -0.4 is 15.4 Å². The number of likely N-dealkylation sites (tertiary alicyclic amines) is 1. The van der Waals surface area contributed by atoms with E-state index in [9.17, 15) is 18.0 Å². The molecule has 3 aromatic rings. The zero-order valence-corrected chi connectivity index (χ0v) is 25.4. The summed E-state index contributed by atoms with van der Waals surface area (Å²) in [6.45, 7) is 9.28. The minimum absolute atomic E-state index is 0.0316. The molecule has 0 radical (unpaired) electrons. The van der Waals surface area contributed by atoms with Crippen molar-refractivity contribution >= 4 is 23.7 Å². The van der Waals surface area contributed by atoms with Crippen LogP contribution >= 0.6 is 11.6 Å². The fourth-order valence-corrected chi connectivity index (χ4v) is 4.45. The fourth-order valence-electron chi connectivity index (χ4n) is 4.33. The quantitative estimate of drug-likeness (QED) is 0.275. The number of anilines is 1. The maximum absolute atomic E-state index is 13.3. The largest absolute Gasteiger partial charge is 0.497 e. The molecule has 41 heavy (non-hydrogen) atoms. The Morgan fingerprint density at radius 1 is 1.05 bits per heavy atom. The molecule has 226 valence electrons. The lowest BCUT2D eigenvalue weighted by Crippen LogP contribution is -2.47. The van der Waals surface area contributed by atoms with Crippen molar-refractivity contribution in [3.63, 3.8) is 0 Å². The summed E-state index contributed by atoms with van der Waals surface area (Å²) in [5.74, 6) is 0.692. The molecule has 1 aliphatic heterocycles. The number of hydrogen-bond donors (Lipinski definition) is 2. The molecule has 2 heterocycles. The molecule has 1 aromatic heterocycles. The first-order valence-corrected chi connectivity index (χ1v) is 14.1. The van der Waals surface area contributed by atoms with Gasteiger partial charge < -0.3 is 15.4 Å². The molecule has 6 nitrogen and oxygen atoms in total. The number of ether oxygens (including phenoxy) is 1. The maximum Gasteiger partial charge on any atom is 0.416 e. The third-order valence-corrected chi connectivity index (χ3v) is 6.51. The number of benzene rings is 2. The van der Waals surface area contributed by atoms with Crippen molar-refractivity contribution < 1.29 is 22.7 Å². The van der Waals surface area contributed by atoms with E-state index in [-0.39, 0.29) is 24.1 Å². The zero-order chi connectivity index (χ0) is 30.8. The lowest BCUT2D eigenvalue weighted by atomic mass is 9.85. The number of pyridine rings is 1. The highest BCUT2D eigenvalue weighted by atomic mass is 35.5. The first kappa shape index (κ1) is 35.7. The second-order valence-electron chi connectivity index (χ2n) is 8.58. The monoisotopic (exact) mass is 594 g/mol. The summed E-state index contributed by atoms with van der Waals surface area (Å²) in [6.07, 6.45) is -0.643. The van der Waals surface area contributed by atoms with Gasteiger partial charge in [0.05, 0.1) is 12.7 Å². The van der Waals surface area contributed by atoms with Crippen LogP contribution in [-0.2, 0) is 17.5 Å². The first-order chi connectivity index (χ1) is 19.7. The molecule has 2 atom stereocenters. The van der Waals surface area contributed by atoms with E-state index in [0.717, 1.165) is 34.3 Å². The summed E-state index contributed by atoms with van der Waals surface area (Å²) in [6, 6.07) is 16.1. The number of carbonyl (C=O) groups is 1. The Hall–Kier alpha value is -3.30. The minimum atomic E-state index is -4.41. The van der Waals surface area contributed by atoms with Gasteiger partial charge in [0.2, 0.25) is 6.41 Å². The van der Waals surface area contributed by atoms with Gasteiger partial charge in [-0.3, -0.25) is 14.7 Å². The predicted molar refractivity (Wildman–Crippen MR) is 162 cm³/mol. The van der Waals surface area contributed by atoms with Crippen molar-refractivity contribution in [3.05, 3.63) is 88.7 Å². The Morgan fingerprint density at radius 3 is 2.22 bits per heavy atom. The maximum atomic E-state index is 13.3. The van der Waals surface area contributed by atoms with Crippen LogP contribution in [0.2, 0.25) is 5.02 Å². The average molecular weight is 595 g/mol. The average Bonchev–Trinajstić information content (AvgIpc) is 3.00. The van der Waals surface area contributed by atoms with Gasteiger partial charge in [-0.2, -0.15) is 13.2 Å². The van der Waals surface area contributed by atoms with Gasteiger partial charge in [-0.1, -0.05) is 51.4 Å². The van der Waals surface area contributed by atoms with Gasteiger partial charge in [-0.15, -0.1) is 0 Å². The van der Waals surface area contributed by atoms with Gasteiger partial charge in [0.1, 0.15) is 5.75 Å². The van der Waals surface area contributed by atoms with E-state index in [2.05, 4.69) is 15.6 Å². The highest BCUT2D eigenvalue weighted by Crippen LogP contribution is 2.34. The van der Waals surface area contributed by atoms with E-state index < -0.39 is 11.7 Å². The molecule has 2 aromatic carbocycles. The second-order valence-corrected chi connectivity index (χ2v) is 9.02. The van der Waals surface area contributed by atoms with Crippen LogP contribution in [0.15, 0.2) is 67.0 Å². The Morgan fingerprint density at radius 2 is 1.68 bits per heavy atom. The van der Waals surface area contributed by atoms with E-state index >= 15 is 0 Å². The topological polar surface area (TPSA) is 66.5 Å². The summed E-state index contributed by atoms with van der Waals surface area (Å²) in [7, 11) is 3.46. The van der Waals surface area contributed by atoms with Crippen molar-refractivity contribution in [1.29, 1.82) is 0 Å². The molecule has 1 aliphatic rings. The number of nitrogens with one attached hydrogen (secondary N) is 2. The molecule has 0 aliphatic carbocycles. The molecular weight excluding hydrogens is 553 g/mol. The van der Waals surface area contributed by atoms with Gasteiger partial charge in [0.25, 0.3) is 0 Å². The Balaban J connectivity index is 0.000000541. The van der Waals surface area contributed by atoms with E-state index in [4.69, 9.17) is 16.3 Å². The van der Waals surface area contributed by atoms with Gasteiger partial charge in [-0.05, 0) is 60.0 Å². The van der Waals surface area contributed by atoms with Crippen molar-refractivity contribution in [2.24, 2.45) is 0 Å². The molecule has 0 saturated carbocycles. The van der Waals surface area contributed by atoms with Crippen molar-refractivity contribution in [3.8, 4) is 5.75 Å². The van der Waals surface area contributed by atoms with Crippen LogP contribution in [0.25, 0.3) is 0 Å². The number of halogens is 4. The van der Waals surface area contributed by atoms with Gasteiger partial charge in [-0.25, -0.2) is 0 Å². The van der Waals surface area contributed by atoms with Gasteiger partial charge >= 0.3 is 6.18 Å². The molecule has 1 saturated heterocycles. The van der Waals surface area contributed by atoms with Crippen molar-refractivity contribution in [1.82, 2.24) is 15.2 Å². The van der Waals surface area contributed by atoms with E-state index in [1.807, 2.05) is 88.2 Å². The Kier molecular flexibility index (Phi) is 16.5. The summed E-state index contributed by atoms with van der Waals surface area (Å²) in [4.78, 5) is 16.8. The number of rotatable bonds is 7. The third kappa shape index (κ3) is 11.6. The molecule has 0 bridgehead atoms. The normalized spacial score (nSPS) is 16.3. The third-order valence-electron chi connectivity index (χ3n) is 6.26. The Bertz CT molecular complexity index is 1130. The molecular formula is C31H42ClF3N4O2. The summed E-state index contributed by atoms with van der Waals surface area (Å²) in [5.41, 5.74) is 1.59. The summed E-state index contributed by atoms with van der Waals surface area (Å²) >= 11 is 5.64. The minimum Gasteiger partial charge on any atom is -0.497 e. The molecule has 10 heteroatoms.